The van der Waals surface area contributed by atoms with Gasteiger partial charge < -0.3 is 0 Å². The number of aryl methyl sites for hydroxylation is 1. The Hall–Kier alpha value is -1.55. The lowest BCUT2D eigenvalue weighted by Gasteiger charge is -2.07. The van der Waals surface area contributed by atoms with E-state index < -0.39 is 17.4 Å². The van der Waals surface area contributed by atoms with Gasteiger partial charge in [0.2, 0.25) is 0 Å². The average molecular weight is 311 g/mol. The van der Waals surface area contributed by atoms with E-state index in [9.17, 15) is 13.6 Å². The second-order valence-electron chi connectivity index (χ2n) is 3.89. The van der Waals surface area contributed by atoms with Gasteiger partial charge in [-0.25, -0.2) is 8.78 Å². The minimum Gasteiger partial charge on any atom is -0.288 e. The van der Waals surface area contributed by atoms with Gasteiger partial charge in [0.15, 0.2) is 5.78 Å². The lowest BCUT2D eigenvalue weighted by Crippen LogP contribution is -2.07. The van der Waals surface area contributed by atoms with Crippen LogP contribution < -0.4 is 0 Å². The second kappa shape index (κ2) is 4.98. The van der Waals surface area contributed by atoms with Crippen LogP contribution in [0.25, 0.3) is 0 Å². The lowest BCUT2D eigenvalue weighted by molar-refractivity contribution is 0.103. The van der Waals surface area contributed by atoms with Gasteiger partial charge in [-0.15, -0.1) is 0 Å². The van der Waals surface area contributed by atoms with Crippen molar-refractivity contribution in [3.8, 4) is 0 Å². The van der Waals surface area contributed by atoms with Crippen LogP contribution >= 0.6 is 15.9 Å². The summed E-state index contributed by atoms with van der Waals surface area (Å²) in [5, 5.41) is 0. The third-order valence-corrected chi connectivity index (χ3v) is 3.25. The second-order valence-corrected chi connectivity index (χ2v) is 4.74. The fourth-order valence-electron chi connectivity index (χ4n) is 1.66. The van der Waals surface area contributed by atoms with Crippen molar-refractivity contribution in [1.82, 2.24) is 0 Å². The van der Waals surface area contributed by atoms with Crippen LogP contribution in [0.5, 0.6) is 0 Å². The van der Waals surface area contributed by atoms with Crippen LogP contribution in [0.3, 0.4) is 0 Å². The number of rotatable bonds is 2. The summed E-state index contributed by atoms with van der Waals surface area (Å²) in [4.78, 5) is 12.2. The summed E-state index contributed by atoms with van der Waals surface area (Å²) < 4.78 is 27.2. The lowest BCUT2D eigenvalue weighted by atomic mass is 9.99. The first kappa shape index (κ1) is 12.9. The molecule has 0 unspecified atom stereocenters. The van der Waals surface area contributed by atoms with Crippen LogP contribution in [0, 0.1) is 18.6 Å². The predicted molar refractivity (Wildman–Crippen MR) is 68.7 cm³/mol. The van der Waals surface area contributed by atoms with Crippen LogP contribution in [0.1, 0.15) is 21.5 Å². The number of carbonyl (C=O) groups is 1. The Morgan fingerprint density at radius 1 is 1.11 bits per heavy atom. The molecular formula is C14H9BrF2O. The van der Waals surface area contributed by atoms with E-state index in [2.05, 4.69) is 15.9 Å². The van der Waals surface area contributed by atoms with Gasteiger partial charge in [0.1, 0.15) is 11.6 Å². The Balaban J connectivity index is 2.55. The van der Waals surface area contributed by atoms with Gasteiger partial charge in [-0.05, 0) is 52.7 Å². The molecule has 0 fully saturated rings. The van der Waals surface area contributed by atoms with E-state index >= 15 is 0 Å². The number of benzene rings is 2. The van der Waals surface area contributed by atoms with Crippen molar-refractivity contribution < 1.29 is 13.6 Å². The van der Waals surface area contributed by atoms with E-state index in [-0.39, 0.29) is 15.6 Å². The molecule has 4 heteroatoms. The summed E-state index contributed by atoms with van der Waals surface area (Å²) >= 11 is 3.02. The Morgan fingerprint density at radius 2 is 1.83 bits per heavy atom. The fourth-order valence-corrected chi connectivity index (χ4v) is 2.03. The quantitative estimate of drug-likeness (QED) is 0.757. The highest BCUT2D eigenvalue weighted by Gasteiger charge is 2.17. The summed E-state index contributed by atoms with van der Waals surface area (Å²) in [6.45, 7) is 1.68. The van der Waals surface area contributed by atoms with Crippen molar-refractivity contribution in [3.05, 3.63) is 69.2 Å². The molecule has 2 rings (SSSR count). The largest absolute Gasteiger partial charge is 0.288 e. The van der Waals surface area contributed by atoms with Gasteiger partial charge in [0, 0.05) is 5.56 Å². The highest BCUT2D eigenvalue weighted by molar-refractivity contribution is 9.10. The van der Waals surface area contributed by atoms with Crippen molar-refractivity contribution in [1.29, 1.82) is 0 Å². The predicted octanol–water partition coefficient (Wildman–Crippen LogP) is 4.27. The maximum atomic E-state index is 13.8. The number of hydrogen-bond acceptors (Lipinski definition) is 1. The summed E-state index contributed by atoms with van der Waals surface area (Å²) in [5.74, 6) is -1.67. The highest BCUT2D eigenvalue weighted by Crippen LogP contribution is 2.22. The van der Waals surface area contributed by atoms with Gasteiger partial charge in [0.25, 0.3) is 0 Å². The van der Waals surface area contributed by atoms with Crippen molar-refractivity contribution in [3.63, 3.8) is 0 Å². The van der Waals surface area contributed by atoms with Gasteiger partial charge in [-0.3, -0.25) is 4.79 Å². The topological polar surface area (TPSA) is 17.1 Å². The minimum atomic E-state index is -0.633. The van der Waals surface area contributed by atoms with E-state index in [0.29, 0.717) is 5.56 Å². The molecule has 0 spiro atoms. The van der Waals surface area contributed by atoms with Gasteiger partial charge in [-0.1, -0.05) is 12.1 Å². The normalized spacial score (nSPS) is 10.4. The maximum Gasteiger partial charge on any atom is 0.196 e. The van der Waals surface area contributed by atoms with E-state index in [1.165, 1.54) is 24.3 Å². The average Bonchev–Trinajstić information content (AvgIpc) is 2.35. The Morgan fingerprint density at radius 3 is 2.56 bits per heavy atom. The maximum absolute atomic E-state index is 13.8. The van der Waals surface area contributed by atoms with Crippen LogP contribution in [-0.2, 0) is 0 Å². The SMILES string of the molecule is Cc1ccc(F)cc1C(=O)c1cccc(Br)c1F. The number of carbonyl (C=O) groups excluding carboxylic acids is 1. The summed E-state index contributed by atoms with van der Waals surface area (Å²) in [5.41, 5.74) is 0.714. The molecular weight excluding hydrogens is 302 g/mol. The molecule has 0 saturated heterocycles. The van der Waals surface area contributed by atoms with Crippen LogP contribution in [0.4, 0.5) is 8.78 Å². The van der Waals surface area contributed by atoms with Crippen LogP contribution in [-0.4, -0.2) is 5.78 Å². The van der Waals surface area contributed by atoms with Gasteiger partial charge in [0.05, 0.1) is 10.0 Å². The van der Waals surface area contributed by atoms with E-state index in [1.807, 2.05) is 0 Å². The first-order valence-electron chi connectivity index (χ1n) is 5.25. The molecule has 1 nitrogen and oxygen atoms in total. The summed E-state index contributed by atoms with van der Waals surface area (Å²) in [7, 11) is 0. The number of ketones is 1. The van der Waals surface area contributed by atoms with E-state index in [0.717, 1.165) is 6.07 Å². The first-order valence-corrected chi connectivity index (χ1v) is 6.05. The molecule has 18 heavy (non-hydrogen) atoms. The molecule has 2 aromatic carbocycles. The van der Waals surface area contributed by atoms with Crippen molar-refractivity contribution in [2.24, 2.45) is 0 Å². The fraction of sp³-hybridized carbons (Fsp3) is 0.0714. The molecule has 0 heterocycles. The molecule has 0 aliphatic heterocycles. The molecule has 0 saturated carbocycles. The highest BCUT2D eigenvalue weighted by atomic mass is 79.9. The first-order chi connectivity index (χ1) is 8.50. The third-order valence-electron chi connectivity index (χ3n) is 2.64. The summed E-state index contributed by atoms with van der Waals surface area (Å²) in [6, 6.07) is 8.34. The zero-order chi connectivity index (χ0) is 13.3. The minimum absolute atomic E-state index is 0.0712. The monoisotopic (exact) mass is 310 g/mol. The molecule has 0 aromatic heterocycles. The Bertz CT molecular complexity index is 619. The van der Waals surface area contributed by atoms with Crippen molar-refractivity contribution in [2.75, 3.05) is 0 Å². The molecule has 0 bridgehead atoms. The smallest absolute Gasteiger partial charge is 0.196 e. The molecule has 0 aliphatic rings. The zero-order valence-corrected chi connectivity index (χ0v) is 11.1. The molecule has 0 radical (unpaired) electrons. The van der Waals surface area contributed by atoms with Crippen LogP contribution in [0.15, 0.2) is 40.9 Å². The van der Waals surface area contributed by atoms with Crippen molar-refractivity contribution in [2.45, 2.75) is 6.92 Å². The number of hydrogen-bond donors (Lipinski definition) is 0. The number of halogens is 3. The van der Waals surface area contributed by atoms with Crippen LogP contribution in [0.2, 0.25) is 0 Å². The molecule has 0 amide bonds. The molecule has 0 aliphatic carbocycles. The standard InChI is InChI=1S/C14H9BrF2O/c1-8-5-6-9(16)7-11(8)14(18)10-3-2-4-12(15)13(10)17/h2-7H,1H3. The van der Waals surface area contributed by atoms with Gasteiger partial charge >= 0.3 is 0 Å². The third kappa shape index (κ3) is 2.34. The molecule has 0 atom stereocenters. The van der Waals surface area contributed by atoms with Gasteiger partial charge in [-0.2, -0.15) is 0 Å². The summed E-state index contributed by atoms with van der Waals surface area (Å²) in [6.07, 6.45) is 0. The van der Waals surface area contributed by atoms with Crippen molar-refractivity contribution >= 4 is 21.7 Å². The zero-order valence-electron chi connectivity index (χ0n) is 9.51. The van der Waals surface area contributed by atoms with E-state index in [1.54, 1.807) is 13.0 Å². The molecule has 0 N–H and O–H groups in total. The Labute approximate surface area is 112 Å². The molecule has 2 aromatic rings. The Kier molecular flexibility index (Phi) is 3.57. The van der Waals surface area contributed by atoms with E-state index in [4.69, 9.17) is 0 Å². The molecule has 92 valence electrons.